The van der Waals surface area contributed by atoms with E-state index in [1.807, 2.05) is 26.0 Å². The van der Waals surface area contributed by atoms with E-state index in [0.29, 0.717) is 11.7 Å². The number of rotatable bonds is 5. The van der Waals surface area contributed by atoms with Crippen molar-refractivity contribution in [2.75, 3.05) is 11.9 Å². The summed E-state index contributed by atoms with van der Waals surface area (Å²) in [6.07, 6.45) is 6.82. The van der Waals surface area contributed by atoms with Crippen LogP contribution in [0.15, 0.2) is 24.5 Å². The molecule has 0 radical (unpaired) electrons. The molecule has 146 valence electrons. The van der Waals surface area contributed by atoms with Gasteiger partial charge in [-0.2, -0.15) is 0 Å². The van der Waals surface area contributed by atoms with E-state index in [1.54, 1.807) is 23.7 Å². The third kappa shape index (κ3) is 3.85. The molecule has 1 aliphatic carbocycles. The Hall–Kier alpha value is -2.54. The molecule has 28 heavy (non-hydrogen) atoms. The summed E-state index contributed by atoms with van der Waals surface area (Å²) >= 11 is 1.76. The van der Waals surface area contributed by atoms with Crippen molar-refractivity contribution in [1.29, 1.82) is 0 Å². The van der Waals surface area contributed by atoms with Crippen LogP contribution >= 0.6 is 11.3 Å². The highest BCUT2D eigenvalue weighted by molar-refractivity contribution is 7.19. The summed E-state index contributed by atoms with van der Waals surface area (Å²) in [6.45, 7) is 6.41. The van der Waals surface area contributed by atoms with Crippen LogP contribution in [0.25, 0.3) is 21.6 Å². The van der Waals surface area contributed by atoms with Crippen molar-refractivity contribution < 1.29 is 4.79 Å². The van der Waals surface area contributed by atoms with Crippen molar-refractivity contribution in [2.45, 2.75) is 46.1 Å². The van der Waals surface area contributed by atoms with Gasteiger partial charge in [0.15, 0.2) is 5.82 Å². The van der Waals surface area contributed by atoms with Crippen molar-refractivity contribution in [1.82, 2.24) is 20.3 Å². The zero-order valence-corrected chi connectivity index (χ0v) is 17.3. The molecule has 0 spiro atoms. The Morgan fingerprint density at radius 3 is 2.96 bits per heavy atom. The monoisotopic (exact) mass is 395 g/mol. The van der Waals surface area contributed by atoms with Gasteiger partial charge in [0.25, 0.3) is 0 Å². The highest BCUT2D eigenvalue weighted by Crippen LogP contribution is 2.40. The lowest BCUT2D eigenvalue weighted by Gasteiger charge is -2.18. The van der Waals surface area contributed by atoms with Gasteiger partial charge in [0, 0.05) is 28.9 Å². The fourth-order valence-electron chi connectivity index (χ4n) is 3.63. The van der Waals surface area contributed by atoms with Gasteiger partial charge in [0.1, 0.15) is 10.6 Å². The molecule has 1 atom stereocenters. The molecule has 0 bridgehead atoms. The lowest BCUT2D eigenvalue weighted by Crippen LogP contribution is -2.35. The molecule has 0 fully saturated rings. The van der Waals surface area contributed by atoms with Crippen LogP contribution in [0.4, 0.5) is 5.82 Å². The first-order valence-corrected chi connectivity index (χ1v) is 10.6. The Labute approximate surface area is 168 Å². The van der Waals surface area contributed by atoms with E-state index in [-0.39, 0.29) is 18.5 Å². The number of amides is 1. The van der Waals surface area contributed by atoms with Crippen molar-refractivity contribution >= 4 is 33.3 Å². The normalized spacial score (nSPS) is 16.2. The summed E-state index contributed by atoms with van der Waals surface area (Å²) in [6, 6.07) is 3.95. The third-order valence-electron chi connectivity index (χ3n) is 4.94. The quantitative estimate of drug-likeness (QED) is 0.687. The maximum atomic E-state index is 12.2. The maximum Gasteiger partial charge on any atom is 0.239 e. The standard InChI is InChI=1S/C21H25N5OS/c1-12(2)24-17(27)11-23-20-18-15-7-6-13(3)9-16(15)28-21(18)26-19(25-20)14-5-4-8-22-10-14/h4-5,8,10,12-13H,6-7,9,11H2,1-3H3,(H,24,27)(H,23,25,26)/t13-/m0/s1. The number of pyridine rings is 1. The van der Waals surface area contributed by atoms with Crippen LogP contribution in [0.1, 0.15) is 37.6 Å². The molecular weight excluding hydrogens is 370 g/mol. The Morgan fingerprint density at radius 2 is 2.21 bits per heavy atom. The Balaban J connectivity index is 1.76. The summed E-state index contributed by atoms with van der Waals surface area (Å²) in [5, 5.41) is 7.27. The first-order chi connectivity index (χ1) is 13.5. The zero-order valence-electron chi connectivity index (χ0n) is 16.5. The Morgan fingerprint density at radius 1 is 1.36 bits per heavy atom. The predicted molar refractivity (Wildman–Crippen MR) is 114 cm³/mol. The topological polar surface area (TPSA) is 79.8 Å². The highest BCUT2D eigenvalue weighted by atomic mass is 32.1. The number of hydrogen-bond acceptors (Lipinski definition) is 6. The molecule has 0 saturated carbocycles. The predicted octanol–water partition coefficient (Wildman–Crippen LogP) is 3.81. The summed E-state index contributed by atoms with van der Waals surface area (Å²) < 4.78 is 0. The van der Waals surface area contributed by atoms with E-state index in [4.69, 9.17) is 9.97 Å². The summed E-state index contributed by atoms with van der Waals surface area (Å²) in [4.78, 5) is 28.4. The van der Waals surface area contributed by atoms with E-state index >= 15 is 0 Å². The van der Waals surface area contributed by atoms with Crippen molar-refractivity contribution in [2.24, 2.45) is 5.92 Å². The average Bonchev–Trinajstić information content (AvgIpc) is 3.03. The van der Waals surface area contributed by atoms with Gasteiger partial charge < -0.3 is 10.6 Å². The minimum Gasteiger partial charge on any atom is -0.360 e. The van der Waals surface area contributed by atoms with Gasteiger partial charge in [-0.05, 0) is 56.7 Å². The number of nitrogens with zero attached hydrogens (tertiary/aromatic N) is 3. The molecule has 0 aromatic carbocycles. The largest absolute Gasteiger partial charge is 0.360 e. The zero-order chi connectivity index (χ0) is 19.7. The first-order valence-electron chi connectivity index (χ1n) is 9.77. The van der Waals surface area contributed by atoms with Crippen LogP contribution in [0.3, 0.4) is 0 Å². The molecule has 1 aliphatic rings. The number of nitrogens with one attached hydrogen (secondary N) is 2. The fourth-order valence-corrected chi connectivity index (χ4v) is 5.01. The second kappa shape index (κ2) is 7.83. The molecule has 2 N–H and O–H groups in total. The smallest absolute Gasteiger partial charge is 0.239 e. The number of hydrogen-bond donors (Lipinski definition) is 2. The van der Waals surface area contributed by atoms with Crippen LogP contribution in [-0.2, 0) is 17.6 Å². The van der Waals surface area contributed by atoms with E-state index in [2.05, 4.69) is 22.5 Å². The molecule has 0 aliphatic heterocycles. The number of anilines is 1. The van der Waals surface area contributed by atoms with Crippen molar-refractivity contribution in [3.05, 3.63) is 35.0 Å². The van der Waals surface area contributed by atoms with Gasteiger partial charge in [0.2, 0.25) is 5.91 Å². The number of aryl methyl sites for hydroxylation is 1. The maximum absolute atomic E-state index is 12.2. The molecule has 3 heterocycles. The Kier molecular flexibility index (Phi) is 5.26. The van der Waals surface area contributed by atoms with Crippen molar-refractivity contribution in [3.63, 3.8) is 0 Å². The summed E-state index contributed by atoms with van der Waals surface area (Å²) in [5.41, 5.74) is 2.22. The van der Waals surface area contributed by atoms with Crippen molar-refractivity contribution in [3.8, 4) is 11.4 Å². The number of aromatic nitrogens is 3. The van der Waals surface area contributed by atoms with Crippen LogP contribution in [-0.4, -0.2) is 33.4 Å². The molecule has 7 heteroatoms. The molecule has 4 rings (SSSR count). The van der Waals surface area contributed by atoms with E-state index < -0.39 is 0 Å². The molecule has 6 nitrogen and oxygen atoms in total. The van der Waals surface area contributed by atoms with Gasteiger partial charge in [-0.3, -0.25) is 9.78 Å². The van der Waals surface area contributed by atoms with Crippen LogP contribution < -0.4 is 10.6 Å². The fraction of sp³-hybridized carbons (Fsp3) is 0.429. The summed E-state index contributed by atoms with van der Waals surface area (Å²) in [7, 11) is 0. The number of carbonyl (C=O) groups is 1. The third-order valence-corrected chi connectivity index (χ3v) is 6.09. The molecule has 1 amide bonds. The van der Waals surface area contributed by atoms with Gasteiger partial charge in [-0.1, -0.05) is 6.92 Å². The van der Waals surface area contributed by atoms with Crippen LogP contribution in [0.5, 0.6) is 0 Å². The number of thiophene rings is 1. The molecule has 3 aromatic heterocycles. The summed E-state index contributed by atoms with van der Waals surface area (Å²) in [5.74, 6) is 2.04. The Bertz CT molecular complexity index is 999. The van der Waals surface area contributed by atoms with Gasteiger partial charge in [-0.25, -0.2) is 9.97 Å². The van der Waals surface area contributed by atoms with E-state index in [0.717, 1.165) is 34.4 Å². The van der Waals surface area contributed by atoms with Gasteiger partial charge >= 0.3 is 0 Å². The number of carbonyl (C=O) groups excluding carboxylic acids is 1. The second-order valence-corrected chi connectivity index (χ2v) is 8.83. The minimum absolute atomic E-state index is 0.0394. The molecule has 0 unspecified atom stereocenters. The van der Waals surface area contributed by atoms with Gasteiger partial charge in [0.05, 0.1) is 11.9 Å². The highest BCUT2D eigenvalue weighted by Gasteiger charge is 2.24. The van der Waals surface area contributed by atoms with Crippen LogP contribution in [0, 0.1) is 5.92 Å². The lowest BCUT2D eigenvalue weighted by molar-refractivity contribution is -0.119. The number of fused-ring (bicyclic) bond motifs is 3. The minimum atomic E-state index is -0.0394. The molecular formula is C21H25N5OS. The van der Waals surface area contributed by atoms with E-state index in [9.17, 15) is 4.79 Å². The van der Waals surface area contributed by atoms with Crippen LogP contribution in [0.2, 0.25) is 0 Å². The second-order valence-electron chi connectivity index (χ2n) is 7.75. The van der Waals surface area contributed by atoms with Gasteiger partial charge in [-0.15, -0.1) is 11.3 Å². The van der Waals surface area contributed by atoms with E-state index in [1.165, 1.54) is 16.9 Å². The average molecular weight is 396 g/mol. The molecule has 3 aromatic rings. The lowest BCUT2D eigenvalue weighted by atomic mass is 9.89. The molecule has 0 saturated heterocycles. The SMILES string of the molecule is CC(C)NC(=O)CNc1nc(-c2cccnc2)nc2sc3c(c12)CC[C@H](C)C3. The first kappa shape index (κ1) is 18.8.